The smallest absolute Gasteiger partial charge is 0.128 e. The molecule has 2 heterocycles. The van der Waals surface area contributed by atoms with Gasteiger partial charge in [0.2, 0.25) is 0 Å². The van der Waals surface area contributed by atoms with Gasteiger partial charge in [-0.15, -0.1) is 11.6 Å². The molecule has 1 aromatic heterocycles. The Balaban J connectivity index is 2.04. The van der Waals surface area contributed by atoms with E-state index in [9.17, 15) is 0 Å². The van der Waals surface area contributed by atoms with Gasteiger partial charge in [0.25, 0.3) is 0 Å². The molecule has 17 heavy (non-hydrogen) atoms. The molecule has 2 rings (SSSR count). The summed E-state index contributed by atoms with van der Waals surface area (Å²) in [5, 5.41) is 0. The third kappa shape index (κ3) is 3.11. The first-order chi connectivity index (χ1) is 8.20. The monoisotopic (exact) mass is 253 g/mol. The number of piperidine rings is 1. The van der Waals surface area contributed by atoms with Crippen LogP contribution in [-0.4, -0.2) is 43.1 Å². The zero-order valence-electron chi connectivity index (χ0n) is 10.6. The van der Waals surface area contributed by atoms with E-state index < -0.39 is 0 Å². The van der Waals surface area contributed by atoms with Crippen LogP contribution in [-0.2, 0) is 5.88 Å². The first kappa shape index (κ1) is 12.7. The van der Waals surface area contributed by atoms with E-state index in [0.717, 1.165) is 17.9 Å². The zero-order chi connectivity index (χ0) is 12.3. The molecule has 3 nitrogen and oxygen atoms in total. The standard InChI is InChI=1S/C13H20ClN3/c1-16-7-3-4-12(10-16)17(2)13-6-5-11(8-14)9-15-13/h5-6,9,12H,3-4,7-8,10H2,1-2H3. The minimum atomic E-state index is 0.531. The lowest BCUT2D eigenvalue weighted by molar-refractivity contribution is 0.247. The van der Waals surface area contributed by atoms with Gasteiger partial charge in [0.1, 0.15) is 5.82 Å². The van der Waals surface area contributed by atoms with Gasteiger partial charge < -0.3 is 9.80 Å². The Kier molecular flexibility index (Phi) is 4.24. The fourth-order valence-electron chi connectivity index (χ4n) is 2.35. The number of alkyl halides is 1. The molecular formula is C13H20ClN3. The molecule has 0 N–H and O–H groups in total. The van der Waals surface area contributed by atoms with Crippen molar-refractivity contribution in [2.24, 2.45) is 0 Å². The van der Waals surface area contributed by atoms with Gasteiger partial charge >= 0.3 is 0 Å². The van der Waals surface area contributed by atoms with Crippen molar-refractivity contribution in [1.29, 1.82) is 0 Å². The molecule has 0 spiro atoms. The molecule has 1 aliphatic heterocycles. The maximum absolute atomic E-state index is 5.77. The van der Waals surface area contributed by atoms with Crippen molar-refractivity contribution in [3.05, 3.63) is 23.9 Å². The van der Waals surface area contributed by atoms with Crippen LogP contribution in [0, 0.1) is 0 Å². The topological polar surface area (TPSA) is 19.4 Å². The van der Waals surface area contributed by atoms with Crippen molar-refractivity contribution in [2.75, 3.05) is 32.1 Å². The summed E-state index contributed by atoms with van der Waals surface area (Å²) in [5.41, 5.74) is 1.07. The van der Waals surface area contributed by atoms with Gasteiger partial charge in [-0.2, -0.15) is 0 Å². The van der Waals surface area contributed by atoms with Crippen LogP contribution in [0.15, 0.2) is 18.3 Å². The number of rotatable bonds is 3. The molecule has 1 fully saturated rings. The Bertz CT molecular complexity index is 352. The largest absolute Gasteiger partial charge is 0.355 e. The summed E-state index contributed by atoms with van der Waals surface area (Å²) < 4.78 is 0. The van der Waals surface area contributed by atoms with Crippen molar-refractivity contribution in [2.45, 2.75) is 24.8 Å². The molecule has 0 saturated carbocycles. The molecule has 1 unspecified atom stereocenters. The van der Waals surface area contributed by atoms with Crippen LogP contribution in [0.25, 0.3) is 0 Å². The Labute approximate surface area is 108 Å². The van der Waals surface area contributed by atoms with E-state index in [1.54, 1.807) is 0 Å². The van der Waals surface area contributed by atoms with Crippen LogP contribution in [0.4, 0.5) is 5.82 Å². The van der Waals surface area contributed by atoms with Gasteiger partial charge in [-0.1, -0.05) is 6.07 Å². The minimum absolute atomic E-state index is 0.531. The predicted molar refractivity (Wildman–Crippen MR) is 72.7 cm³/mol. The molecule has 1 aromatic rings. The van der Waals surface area contributed by atoms with Gasteiger partial charge in [-0.05, 0) is 38.1 Å². The highest BCUT2D eigenvalue weighted by molar-refractivity contribution is 6.17. The molecule has 0 radical (unpaired) electrons. The molecule has 0 aromatic carbocycles. The molecular weight excluding hydrogens is 234 g/mol. The molecule has 94 valence electrons. The van der Waals surface area contributed by atoms with Gasteiger partial charge in [0.05, 0.1) is 0 Å². The average Bonchev–Trinajstić information content (AvgIpc) is 2.38. The predicted octanol–water partition coefficient (Wildman–Crippen LogP) is 2.35. The number of likely N-dealkylation sites (tertiary alicyclic amines) is 1. The maximum Gasteiger partial charge on any atom is 0.128 e. The van der Waals surface area contributed by atoms with Crippen molar-refractivity contribution in [1.82, 2.24) is 9.88 Å². The quantitative estimate of drug-likeness (QED) is 0.771. The Morgan fingerprint density at radius 2 is 2.35 bits per heavy atom. The fraction of sp³-hybridized carbons (Fsp3) is 0.615. The maximum atomic E-state index is 5.77. The van der Waals surface area contributed by atoms with Crippen LogP contribution >= 0.6 is 11.6 Å². The van der Waals surface area contributed by atoms with Crippen LogP contribution in [0.1, 0.15) is 18.4 Å². The molecule has 1 aliphatic rings. The molecule has 0 bridgehead atoms. The number of likely N-dealkylation sites (N-methyl/N-ethyl adjacent to an activating group) is 2. The van der Waals surface area contributed by atoms with Crippen LogP contribution in [0.3, 0.4) is 0 Å². The minimum Gasteiger partial charge on any atom is -0.355 e. The Hall–Kier alpha value is -0.800. The van der Waals surface area contributed by atoms with Crippen LogP contribution in [0.2, 0.25) is 0 Å². The first-order valence-electron chi connectivity index (χ1n) is 6.13. The fourth-order valence-corrected chi connectivity index (χ4v) is 2.50. The van der Waals surface area contributed by atoms with E-state index in [2.05, 4.69) is 41.0 Å². The number of halogens is 1. The highest BCUT2D eigenvalue weighted by atomic mass is 35.5. The van der Waals surface area contributed by atoms with E-state index in [1.807, 2.05) is 6.20 Å². The Morgan fingerprint density at radius 3 is 2.94 bits per heavy atom. The van der Waals surface area contributed by atoms with Crippen molar-refractivity contribution < 1.29 is 0 Å². The Morgan fingerprint density at radius 1 is 1.53 bits per heavy atom. The molecule has 0 aliphatic carbocycles. The number of hydrogen-bond acceptors (Lipinski definition) is 3. The van der Waals surface area contributed by atoms with Crippen LogP contribution in [0.5, 0.6) is 0 Å². The zero-order valence-corrected chi connectivity index (χ0v) is 11.3. The van der Waals surface area contributed by atoms with E-state index in [-0.39, 0.29) is 0 Å². The number of aromatic nitrogens is 1. The van der Waals surface area contributed by atoms with Crippen molar-refractivity contribution in [3.63, 3.8) is 0 Å². The molecule has 1 saturated heterocycles. The first-order valence-corrected chi connectivity index (χ1v) is 6.66. The normalized spacial score (nSPS) is 21.5. The van der Waals surface area contributed by atoms with E-state index in [1.165, 1.54) is 19.4 Å². The molecule has 4 heteroatoms. The number of pyridine rings is 1. The molecule has 0 amide bonds. The second-order valence-corrected chi connectivity index (χ2v) is 5.09. The third-order valence-electron chi connectivity index (χ3n) is 3.47. The summed E-state index contributed by atoms with van der Waals surface area (Å²) in [5.74, 6) is 1.57. The van der Waals surface area contributed by atoms with E-state index in [4.69, 9.17) is 11.6 Å². The number of nitrogens with zero attached hydrogens (tertiary/aromatic N) is 3. The van der Waals surface area contributed by atoms with E-state index in [0.29, 0.717) is 11.9 Å². The van der Waals surface area contributed by atoms with Gasteiger partial charge in [-0.3, -0.25) is 0 Å². The average molecular weight is 254 g/mol. The van der Waals surface area contributed by atoms with Crippen molar-refractivity contribution in [3.8, 4) is 0 Å². The lowest BCUT2D eigenvalue weighted by Crippen LogP contribution is -2.45. The summed E-state index contributed by atoms with van der Waals surface area (Å²) in [6, 6.07) is 4.69. The third-order valence-corrected chi connectivity index (χ3v) is 3.78. The summed E-state index contributed by atoms with van der Waals surface area (Å²) in [4.78, 5) is 9.14. The summed E-state index contributed by atoms with van der Waals surface area (Å²) in [7, 11) is 4.32. The lowest BCUT2D eigenvalue weighted by Gasteiger charge is -2.36. The highest BCUT2D eigenvalue weighted by Crippen LogP contribution is 2.19. The van der Waals surface area contributed by atoms with Gasteiger partial charge in [0, 0.05) is 31.7 Å². The highest BCUT2D eigenvalue weighted by Gasteiger charge is 2.21. The second-order valence-electron chi connectivity index (χ2n) is 4.83. The summed E-state index contributed by atoms with van der Waals surface area (Å²) in [6.45, 7) is 2.33. The number of hydrogen-bond donors (Lipinski definition) is 0. The van der Waals surface area contributed by atoms with Gasteiger partial charge in [-0.25, -0.2) is 4.98 Å². The summed E-state index contributed by atoms with van der Waals surface area (Å²) in [6.07, 6.45) is 4.39. The SMILES string of the molecule is CN1CCCC(N(C)c2ccc(CCl)cn2)C1. The molecule has 1 atom stereocenters. The van der Waals surface area contributed by atoms with E-state index >= 15 is 0 Å². The second kappa shape index (κ2) is 5.69. The summed E-state index contributed by atoms with van der Waals surface area (Å²) >= 11 is 5.77. The number of anilines is 1. The van der Waals surface area contributed by atoms with Crippen molar-refractivity contribution >= 4 is 17.4 Å². The van der Waals surface area contributed by atoms with Crippen LogP contribution < -0.4 is 4.90 Å². The lowest BCUT2D eigenvalue weighted by atomic mass is 10.1. The van der Waals surface area contributed by atoms with Gasteiger partial charge in [0.15, 0.2) is 0 Å².